The number of ether oxygens (including phenoxy) is 1. The van der Waals surface area contributed by atoms with Crippen LogP contribution in [0.5, 0.6) is 5.75 Å². The molecule has 0 saturated carbocycles. The average molecular weight is 433 g/mol. The number of methoxy groups -OCH3 is 1. The van der Waals surface area contributed by atoms with Gasteiger partial charge in [0, 0.05) is 0 Å². The first kappa shape index (κ1) is 20.6. The number of halogens is 1. The first-order chi connectivity index (χ1) is 14.1. The molecular formula is C18H17ClN6O3S. The summed E-state index contributed by atoms with van der Waals surface area (Å²) in [4.78, 5) is 24.1. The van der Waals surface area contributed by atoms with E-state index in [4.69, 9.17) is 16.3 Å². The molecule has 0 atom stereocenters. The van der Waals surface area contributed by atoms with E-state index >= 15 is 0 Å². The maximum Gasteiger partial charge on any atom is 0.271 e. The molecule has 0 aliphatic heterocycles. The number of nitrogens with zero attached hydrogens (tertiary/aromatic N) is 4. The largest absolute Gasteiger partial charge is 0.497 e. The summed E-state index contributed by atoms with van der Waals surface area (Å²) in [6.45, 7) is 0.449. The van der Waals surface area contributed by atoms with Gasteiger partial charge in [-0.05, 0) is 40.3 Å². The highest BCUT2D eigenvalue weighted by molar-refractivity contribution is 7.99. The van der Waals surface area contributed by atoms with E-state index in [1.807, 2.05) is 24.3 Å². The van der Waals surface area contributed by atoms with Crippen LogP contribution in [0.1, 0.15) is 15.9 Å². The molecule has 0 spiro atoms. The van der Waals surface area contributed by atoms with Crippen molar-refractivity contribution in [2.75, 3.05) is 12.9 Å². The molecule has 3 rings (SSSR count). The summed E-state index contributed by atoms with van der Waals surface area (Å²) < 4.78 is 6.72. The number of hydrogen-bond acceptors (Lipinski definition) is 7. The van der Waals surface area contributed by atoms with E-state index in [1.165, 1.54) is 0 Å². The number of thioether (sulfide) groups is 1. The lowest BCUT2D eigenvalue weighted by Gasteiger charge is -2.08. The molecule has 11 heteroatoms. The minimum absolute atomic E-state index is 0.0196. The summed E-state index contributed by atoms with van der Waals surface area (Å²) in [6.07, 6.45) is 0. The first-order valence-corrected chi connectivity index (χ1v) is 9.79. The van der Waals surface area contributed by atoms with Crippen LogP contribution in [0.2, 0.25) is 5.02 Å². The Balaban J connectivity index is 1.50. The van der Waals surface area contributed by atoms with Crippen molar-refractivity contribution in [1.82, 2.24) is 31.1 Å². The third-order valence-corrected chi connectivity index (χ3v) is 5.04. The number of aromatic nitrogens is 4. The van der Waals surface area contributed by atoms with Gasteiger partial charge in [0.2, 0.25) is 11.1 Å². The van der Waals surface area contributed by atoms with E-state index in [0.717, 1.165) is 23.1 Å². The molecule has 0 unspecified atom stereocenters. The number of carbonyl (C=O) groups is 2. The number of tetrazole rings is 1. The number of benzene rings is 2. The predicted molar refractivity (Wildman–Crippen MR) is 108 cm³/mol. The lowest BCUT2D eigenvalue weighted by Crippen LogP contribution is -2.42. The van der Waals surface area contributed by atoms with Crippen LogP contribution in [0.4, 0.5) is 0 Å². The van der Waals surface area contributed by atoms with Crippen molar-refractivity contribution >= 4 is 35.2 Å². The molecule has 9 nitrogen and oxygen atoms in total. The summed E-state index contributed by atoms with van der Waals surface area (Å²) in [7, 11) is 1.60. The van der Waals surface area contributed by atoms with Crippen molar-refractivity contribution < 1.29 is 14.3 Å². The van der Waals surface area contributed by atoms with Crippen molar-refractivity contribution in [3.63, 3.8) is 0 Å². The Morgan fingerprint density at radius 2 is 1.90 bits per heavy atom. The van der Waals surface area contributed by atoms with Gasteiger partial charge in [0.05, 0.1) is 30.0 Å². The molecule has 29 heavy (non-hydrogen) atoms. The Hall–Kier alpha value is -3.11. The fourth-order valence-corrected chi connectivity index (χ4v) is 3.21. The van der Waals surface area contributed by atoms with E-state index in [9.17, 15) is 9.59 Å². The molecule has 0 aliphatic carbocycles. The standard InChI is InChI=1S/C18H17ClN6O3S/c1-28-13-8-6-12(7-9-13)10-25-18(22-23-24-25)29-11-16(26)20-21-17(27)14-4-2-3-5-15(14)19/h2-9H,10-11H2,1H3,(H,20,26)(H,21,27). The molecule has 1 aromatic heterocycles. The second kappa shape index (κ2) is 9.89. The van der Waals surface area contributed by atoms with Crippen LogP contribution in [0.25, 0.3) is 0 Å². The van der Waals surface area contributed by atoms with Crippen molar-refractivity contribution in [1.29, 1.82) is 0 Å². The molecule has 0 bridgehead atoms. The van der Waals surface area contributed by atoms with E-state index in [1.54, 1.807) is 36.1 Å². The zero-order chi connectivity index (χ0) is 20.6. The molecule has 150 valence electrons. The van der Waals surface area contributed by atoms with E-state index in [2.05, 4.69) is 26.4 Å². The van der Waals surface area contributed by atoms with Gasteiger partial charge in [0.1, 0.15) is 5.75 Å². The number of carbonyl (C=O) groups excluding carboxylic acids is 2. The maximum atomic E-state index is 12.0. The molecule has 2 aromatic carbocycles. The fourth-order valence-electron chi connectivity index (χ4n) is 2.31. The molecule has 0 radical (unpaired) electrons. The van der Waals surface area contributed by atoms with Gasteiger partial charge >= 0.3 is 0 Å². The van der Waals surface area contributed by atoms with E-state index < -0.39 is 11.8 Å². The van der Waals surface area contributed by atoms with Crippen LogP contribution in [0.15, 0.2) is 53.7 Å². The van der Waals surface area contributed by atoms with Crippen LogP contribution < -0.4 is 15.6 Å². The average Bonchev–Trinajstić information content (AvgIpc) is 3.18. The fraction of sp³-hybridized carbons (Fsp3) is 0.167. The van der Waals surface area contributed by atoms with Crippen LogP contribution in [0, 0.1) is 0 Å². The predicted octanol–water partition coefficient (Wildman–Crippen LogP) is 1.94. The first-order valence-electron chi connectivity index (χ1n) is 8.42. The topological polar surface area (TPSA) is 111 Å². The van der Waals surface area contributed by atoms with Crippen molar-refractivity contribution in [3.8, 4) is 5.75 Å². The lowest BCUT2D eigenvalue weighted by molar-refractivity contribution is -0.119. The maximum absolute atomic E-state index is 12.0. The normalized spacial score (nSPS) is 10.4. The minimum atomic E-state index is -0.502. The number of nitrogens with one attached hydrogen (secondary N) is 2. The Morgan fingerprint density at radius 1 is 1.14 bits per heavy atom. The molecule has 0 saturated heterocycles. The molecule has 2 amide bonds. The number of amides is 2. The Morgan fingerprint density at radius 3 is 2.62 bits per heavy atom. The second-order valence-electron chi connectivity index (χ2n) is 5.74. The smallest absolute Gasteiger partial charge is 0.271 e. The highest BCUT2D eigenvalue weighted by Crippen LogP contribution is 2.17. The number of hydrazine groups is 1. The van der Waals surface area contributed by atoms with Crippen LogP contribution in [-0.4, -0.2) is 44.9 Å². The number of hydrogen-bond donors (Lipinski definition) is 2. The van der Waals surface area contributed by atoms with Crippen molar-refractivity contribution in [3.05, 3.63) is 64.7 Å². The highest BCUT2D eigenvalue weighted by Gasteiger charge is 2.13. The number of rotatable bonds is 7. The third-order valence-electron chi connectivity index (χ3n) is 3.76. The second-order valence-corrected chi connectivity index (χ2v) is 7.09. The van der Waals surface area contributed by atoms with Gasteiger partial charge in [-0.1, -0.05) is 47.6 Å². The molecule has 0 fully saturated rings. The summed E-state index contributed by atoms with van der Waals surface area (Å²) in [6, 6.07) is 14.1. The van der Waals surface area contributed by atoms with Gasteiger partial charge in [-0.15, -0.1) is 5.10 Å². The summed E-state index contributed by atoms with van der Waals surface area (Å²) in [5.74, 6) is -0.130. The molecule has 2 N–H and O–H groups in total. The third kappa shape index (κ3) is 5.69. The van der Waals surface area contributed by atoms with E-state index in [0.29, 0.717) is 16.7 Å². The molecule has 1 heterocycles. The van der Waals surface area contributed by atoms with Gasteiger partial charge in [-0.2, -0.15) is 0 Å². The molecule has 0 aliphatic rings. The van der Waals surface area contributed by atoms with Gasteiger partial charge in [-0.3, -0.25) is 20.4 Å². The summed E-state index contributed by atoms with van der Waals surface area (Å²) in [5.41, 5.74) is 5.92. The molecular weight excluding hydrogens is 416 g/mol. The Bertz CT molecular complexity index is 995. The Labute approximate surface area is 175 Å². The minimum Gasteiger partial charge on any atom is -0.497 e. The zero-order valence-corrected chi connectivity index (χ0v) is 16.9. The lowest BCUT2D eigenvalue weighted by atomic mass is 10.2. The van der Waals surface area contributed by atoms with Crippen molar-refractivity contribution in [2.45, 2.75) is 11.7 Å². The van der Waals surface area contributed by atoms with Crippen LogP contribution in [0.3, 0.4) is 0 Å². The van der Waals surface area contributed by atoms with Crippen LogP contribution >= 0.6 is 23.4 Å². The van der Waals surface area contributed by atoms with Crippen molar-refractivity contribution in [2.24, 2.45) is 0 Å². The zero-order valence-electron chi connectivity index (χ0n) is 15.3. The van der Waals surface area contributed by atoms with Gasteiger partial charge in [0.25, 0.3) is 5.91 Å². The quantitative estimate of drug-likeness (QED) is 0.433. The van der Waals surface area contributed by atoms with Gasteiger partial charge < -0.3 is 4.74 Å². The highest BCUT2D eigenvalue weighted by atomic mass is 35.5. The van der Waals surface area contributed by atoms with Gasteiger partial charge in [-0.25, -0.2) is 4.68 Å². The summed E-state index contributed by atoms with van der Waals surface area (Å²) in [5, 5.41) is 12.3. The van der Waals surface area contributed by atoms with Gasteiger partial charge in [0.15, 0.2) is 0 Å². The summed E-state index contributed by atoms with van der Waals surface area (Å²) >= 11 is 7.11. The Kier molecular flexibility index (Phi) is 7.04. The van der Waals surface area contributed by atoms with Crippen LogP contribution in [-0.2, 0) is 11.3 Å². The SMILES string of the molecule is COc1ccc(Cn2nnnc2SCC(=O)NNC(=O)c2ccccc2Cl)cc1. The monoisotopic (exact) mass is 432 g/mol. The van der Waals surface area contributed by atoms with E-state index in [-0.39, 0.29) is 11.3 Å². The molecule has 3 aromatic rings.